The van der Waals surface area contributed by atoms with Gasteiger partial charge in [0.05, 0.1) is 0 Å². The second-order valence-corrected chi connectivity index (χ2v) is 1.74. The summed E-state index contributed by atoms with van der Waals surface area (Å²) in [5, 5.41) is 10.1. The molecule has 0 atom stereocenters. The summed E-state index contributed by atoms with van der Waals surface area (Å²) in [6, 6.07) is 6.78. The van der Waals surface area contributed by atoms with Crippen molar-refractivity contribution in [3.8, 4) is 0 Å². The summed E-state index contributed by atoms with van der Waals surface area (Å²) >= 11 is 0. The Morgan fingerprint density at radius 3 is 2.64 bits per heavy atom. The molecule has 0 fully saturated rings. The van der Waals surface area contributed by atoms with Gasteiger partial charge < -0.3 is 5.73 Å². The molecule has 4 nitrogen and oxygen atoms in total. The molecular formula is C6H5N2O2W-. The zero-order valence-corrected chi connectivity index (χ0v) is 8.41. The van der Waals surface area contributed by atoms with Gasteiger partial charge in [0.25, 0.3) is 0 Å². The zero-order chi connectivity index (χ0) is 7.56. The number of nitro groups is 1. The van der Waals surface area contributed by atoms with E-state index in [2.05, 4.69) is 6.07 Å². The Hall–Kier alpha value is -0.892. The molecule has 0 aliphatic heterocycles. The first-order valence-corrected chi connectivity index (χ1v) is 2.62. The van der Waals surface area contributed by atoms with Crippen LogP contribution in [0.5, 0.6) is 0 Å². The first-order chi connectivity index (χ1) is 4.72. The van der Waals surface area contributed by atoms with Gasteiger partial charge in [0.1, 0.15) is 0 Å². The third-order valence-corrected chi connectivity index (χ3v) is 1.07. The zero-order valence-electron chi connectivity index (χ0n) is 5.48. The fourth-order valence-corrected chi connectivity index (χ4v) is 0.592. The summed E-state index contributed by atoms with van der Waals surface area (Å²) in [4.78, 5) is 9.59. The first kappa shape index (κ1) is 10.1. The van der Waals surface area contributed by atoms with Gasteiger partial charge in [0.15, 0.2) is 5.69 Å². The molecule has 1 aromatic carbocycles. The summed E-state index contributed by atoms with van der Waals surface area (Å²) in [5.41, 5.74) is 5.34. The van der Waals surface area contributed by atoms with Crippen molar-refractivity contribution in [2.24, 2.45) is 0 Å². The van der Waals surface area contributed by atoms with Gasteiger partial charge in [-0.3, -0.25) is 10.1 Å². The number of nitro benzene ring substituents is 1. The molecule has 5 heteroatoms. The fraction of sp³-hybridized carbons (Fsp3) is 0. The largest absolute Gasteiger partial charge is 0.414 e. The second-order valence-electron chi connectivity index (χ2n) is 1.74. The van der Waals surface area contributed by atoms with Crippen LogP contribution in [0.2, 0.25) is 0 Å². The molecule has 0 aliphatic carbocycles. The molecule has 1 aromatic rings. The fourth-order valence-electron chi connectivity index (χ4n) is 0.592. The molecule has 0 saturated carbocycles. The molecule has 0 spiro atoms. The number of benzene rings is 1. The van der Waals surface area contributed by atoms with Crippen molar-refractivity contribution < 1.29 is 26.0 Å². The molecule has 0 aromatic heterocycles. The van der Waals surface area contributed by atoms with Crippen LogP contribution in [-0.4, -0.2) is 4.92 Å². The molecule has 11 heavy (non-hydrogen) atoms. The minimum absolute atomic E-state index is 0. The van der Waals surface area contributed by atoms with Crippen LogP contribution in [0.3, 0.4) is 0 Å². The quantitative estimate of drug-likeness (QED) is 0.363. The predicted octanol–water partition coefficient (Wildman–Crippen LogP) is 0.975. The van der Waals surface area contributed by atoms with E-state index in [0.717, 1.165) is 0 Å². The topological polar surface area (TPSA) is 69.2 Å². The van der Waals surface area contributed by atoms with E-state index < -0.39 is 4.92 Å². The van der Waals surface area contributed by atoms with E-state index in [1.165, 1.54) is 18.2 Å². The molecule has 0 aliphatic rings. The maximum Gasteiger partial charge on any atom is 0.184 e. The van der Waals surface area contributed by atoms with Gasteiger partial charge in [0, 0.05) is 26.0 Å². The van der Waals surface area contributed by atoms with Crippen LogP contribution < -0.4 is 5.73 Å². The Bertz CT molecular complexity index is 265. The number of hydrogen-bond acceptors (Lipinski definition) is 3. The molecule has 0 amide bonds. The minimum atomic E-state index is -0.536. The molecule has 2 N–H and O–H groups in total. The van der Waals surface area contributed by atoms with Crippen molar-refractivity contribution in [3.05, 3.63) is 34.4 Å². The molecule has 0 unspecified atom stereocenters. The van der Waals surface area contributed by atoms with Gasteiger partial charge >= 0.3 is 0 Å². The van der Waals surface area contributed by atoms with Crippen molar-refractivity contribution in [3.63, 3.8) is 0 Å². The normalized spacial score (nSPS) is 8.36. The standard InChI is InChI=1S/C6H5N2O2.W/c7-5-3-1-2-4-6(5)8(9)10;/h1,3-4H,7H2;/q-1;. The van der Waals surface area contributed by atoms with E-state index in [4.69, 9.17) is 5.73 Å². The Morgan fingerprint density at radius 1 is 1.64 bits per heavy atom. The Labute approximate surface area is 77.8 Å². The minimum Gasteiger partial charge on any atom is -0.414 e. The number of nitrogens with two attached hydrogens (primary N) is 1. The molecule has 0 heterocycles. The maximum absolute atomic E-state index is 10.1. The number of rotatable bonds is 1. The average molecular weight is 321 g/mol. The van der Waals surface area contributed by atoms with Crippen molar-refractivity contribution in [1.82, 2.24) is 0 Å². The van der Waals surface area contributed by atoms with Crippen LogP contribution in [0.25, 0.3) is 0 Å². The van der Waals surface area contributed by atoms with Crippen LogP contribution >= 0.6 is 0 Å². The molecular weight excluding hydrogens is 316 g/mol. The Balaban J connectivity index is 0.000001000. The Kier molecular flexibility index (Phi) is 3.75. The number of anilines is 1. The molecule has 0 radical (unpaired) electrons. The van der Waals surface area contributed by atoms with Crippen LogP contribution in [-0.2, 0) is 21.1 Å². The third kappa shape index (κ3) is 2.31. The SMILES string of the molecule is Nc1cc[c-]cc1[N+](=O)[O-].[W]. The van der Waals surface area contributed by atoms with Gasteiger partial charge in [-0.25, -0.2) is 0 Å². The number of nitrogen functional groups attached to an aromatic ring is 1. The van der Waals surface area contributed by atoms with Crippen LogP contribution in [0, 0.1) is 16.2 Å². The van der Waals surface area contributed by atoms with Gasteiger partial charge in [-0.1, -0.05) is 6.07 Å². The number of hydrogen-bond donors (Lipinski definition) is 1. The van der Waals surface area contributed by atoms with Crippen molar-refractivity contribution in [1.29, 1.82) is 0 Å². The maximum atomic E-state index is 10.1. The van der Waals surface area contributed by atoms with Crippen LogP contribution in [0.4, 0.5) is 11.4 Å². The monoisotopic (exact) mass is 321 g/mol. The summed E-state index contributed by atoms with van der Waals surface area (Å²) in [6.45, 7) is 0. The summed E-state index contributed by atoms with van der Waals surface area (Å²) < 4.78 is 0. The smallest absolute Gasteiger partial charge is 0.184 e. The molecule has 1 rings (SSSR count). The van der Waals surface area contributed by atoms with E-state index in [1.54, 1.807) is 0 Å². The first-order valence-electron chi connectivity index (χ1n) is 2.62. The molecule has 0 saturated heterocycles. The average Bonchev–Trinajstić information content (AvgIpc) is 1.88. The third-order valence-electron chi connectivity index (χ3n) is 1.07. The molecule has 58 valence electrons. The van der Waals surface area contributed by atoms with Gasteiger partial charge in [-0.15, -0.1) is 6.07 Å². The predicted molar refractivity (Wildman–Crippen MR) is 36.3 cm³/mol. The Morgan fingerprint density at radius 2 is 2.27 bits per heavy atom. The van der Waals surface area contributed by atoms with E-state index in [0.29, 0.717) is 0 Å². The van der Waals surface area contributed by atoms with Crippen molar-refractivity contribution in [2.45, 2.75) is 0 Å². The van der Waals surface area contributed by atoms with E-state index >= 15 is 0 Å². The second kappa shape index (κ2) is 4.08. The molecule has 0 bridgehead atoms. The van der Waals surface area contributed by atoms with Crippen molar-refractivity contribution in [2.75, 3.05) is 5.73 Å². The van der Waals surface area contributed by atoms with Gasteiger partial charge in [-0.05, 0) is 5.69 Å². The summed E-state index contributed by atoms with van der Waals surface area (Å²) in [5.74, 6) is 0. The summed E-state index contributed by atoms with van der Waals surface area (Å²) in [6.07, 6.45) is 0. The van der Waals surface area contributed by atoms with Crippen LogP contribution in [0.15, 0.2) is 18.2 Å². The van der Waals surface area contributed by atoms with E-state index in [9.17, 15) is 10.1 Å². The van der Waals surface area contributed by atoms with Gasteiger partial charge in [0.2, 0.25) is 0 Å². The van der Waals surface area contributed by atoms with E-state index in [-0.39, 0.29) is 32.4 Å². The van der Waals surface area contributed by atoms with E-state index in [1.807, 2.05) is 0 Å². The van der Waals surface area contributed by atoms with Crippen LogP contribution in [0.1, 0.15) is 0 Å². The van der Waals surface area contributed by atoms with Crippen molar-refractivity contribution >= 4 is 11.4 Å². The summed E-state index contributed by atoms with van der Waals surface area (Å²) in [7, 11) is 0. The van der Waals surface area contributed by atoms with Gasteiger partial charge in [-0.2, -0.15) is 12.1 Å². The number of nitrogens with zero attached hydrogens (tertiary/aromatic N) is 1.